The highest BCUT2D eigenvalue weighted by molar-refractivity contribution is 8.00. The van der Waals surface area contributed by atoms with E-state index in [1.165, 1.54) is 22.9 Å². The summed E-state index contributed by atoms with van der Waals surface area (Å²) >= 11 is 1.40. The molecule has 1 atom stereocenters. The Labute approximate surface area is 171 Å². The van der Waals surface area contributed by atoms with Gasteiger partial charge in [0.25, 0.3) is 5.91 Å². The van der Waals surface area contributed by atoms with E-state index in [-0.39, 0.29) is 17.9 Å². The van der Waals surface area contributed by atoms with Crippen LogP contribution < -0.4 is 10.6 Å². The number of amides is 2. The number of carbonyl (C=O) groups excluding carboxylic acids is 2. The number of fused-ring (bicyclic) bond motifs is 1. The van der Waals surface area contributed by atoms with Gasteiger partial charge in [0.1, 0.15) is 0 Å². The highest BCUT2D eigenvalue weighted by atomic mass is 32.2. The minimum Gasteiger partial charge on any atom is -0.353 e. The fraction of sp³-hybridized carbons (Fsp3) is 0.391. The number of nitrogens with one attached hydrogen (secondary N) is 2. The van der Waals surface area contributed by atoms with Crippen LogP contribution in [0.5, 0.6) is 0 Å². The molecule has 0 bridgehead atoms. The monoisotopic (exact) mass is 396 g/mol. The van der Waals surface area contributed by atoms with Crippen molar-refractivity contribution in [3.05, 3.63) is 65.2 Å². The Morgan fingerprint density at radius 2 is 1.86 bits per heavy atom. The van der Waals surface area contributed by atoms with Gasteiger partial charge < -0.3 is 10.6 Å². The Balaban J connectivity index is 1.62. The molecule has 0 radical (unpaired) electrons. The Morgan fingerprint density at radius 3 is 2.68 bits per heavy atom. The highest BCUT2D eigenvalue weighted by Crippen LogP contribution is 2.31. The zero-order valence-corrected chi connectivity index (χ0v) is 17.4. The van der Waals surface area contributed by atoms with Gasteiger partial charge >= 0.3 is 0 Å². The van der Waals surface area contributed by atoms with Gasteiger partial charge in [-0.15, -0.1) is 11.8 Å². The van der Waals surface area contributed by atoms with Crippen molar-refractivity contribution < 1.29 is 9.59 Å². The van der Waals surface area contributed by atoms with E-state index in [2.05, 4.69) is 34.9 Å². The molecule has 3 rings (SSSR count). The van der Waals surface area contributed by atoms with Crippen LogP contribution in [0, 0.1) is 0 Å². The summed E-state index contributed by atoms with van der Waals surface area (Å²) in [5.41, 5.74) is 3.40. The molecule has 2 aromatic carbocycles. The van der Waals surface area contributed by atoms with Crippen LogP contribution in [0.15, 0.2) is 53.4 Å². The quantitative estimate of drug-likeness (QED) is 0.691. The smallest absolute Gasteiger partial charge is 0.252 e. The largest absolute Gasteiger partial charge is 0.353 e. The zero-order valence-electron chi connectivity index (χ0n) is 16.5. The third-order valence-corrected chi connectivity index (χ3v) is 6.02. The second kappa shape index (κ2) is 9.78. The van der Waals surface area contributed by atoms with Crippen LogP contribution in [0.3, 0.4) is 0 Å². The summed E-state index contributed by atoms with van der Waals surface area (Å²) in [5.74, 6) is 0.577. The third-order valence-electron chi connectivity index (χ3n) is 4.94. The van der Waals surface area contributed by atoms with Crippen LogP contribution in [0.2, 0.25) is 0 Å². The lowest BCUT2D eigenvalue weighted by Crippen LogP contribution is -2.32. The van der Waals surface area contributed by atoms with Crippen LogP contribution in [0.25, 0.3) is 0 Å². The number of thioether (sulfide) groups is 1. The van der Waals surface area contributed by atoms with Gasteiger partial charge in [0.05, 0.1) is 11.3 Å². The predicted molar refractivity (Wildman–Crippen MR) is 115 cm³/mol. The summed E-state index contributed by atoms with van der Waals surface area (Å²) in [7, 11) is 0. The molecule has 0 aliphatic heterocycles. The summed E-state index contributed by atoms with van der Waals surface area (Å²) in [6, 6.07) is 16.1. The molecule has 28 heavy (non-hydrogen) atoms. The van der Waals surface area contributed by atoms with Crippen molar-refractivity contribution >= 4 is 23.6 Å². The number of carbonyl (C=O) groups is 2. The fourth-order valence-electron chi connectivity index (χ4n) is 3.66. The molecule has 148 valence electrons. The van der Waals surface area contributed by atoms with Gasteiger partial charge in [-0.3, -0.25) is 9.59 Å². The molecule has 1 unspecified atom stereocenters. The molecule has 0 saturated carbocycles. The van der Waals surface area contributed by atoms with Gasteiger partial charge in [-0.25, -0.2) is 0 Å². The van der Waals surface area contributed by atoms with E-state index >= 15 is 0 Å². The molecular weight excluding hydrogens is 368 g/mol. The van der Waals surface area contributed by atoms with Crippen LogP contribution in [0.1, 0.15) is 54.1 Å². The lowest BCUT2D eigenvalue weighted by molar-refractivity contribution is -0.119. The van der Waals surface area contributed by atoms with Crippen LogP contribution in [0.4, 0.5) is 0 Å². The summed E-state index contributed by atoms with van der Waals surface area (Å²) in [6.07, 6.45) is 3.39. The topological polar surface area (TPSA) is 58.2 Å². The third kappa shape index (κ3) is 5.38. The van der Waals surface area contributed by atoms with Gasteiger partial charge in [-0.2, -0.15) is 0 Å². The molecule has 0 fully saturated rings. The zero-order chi connectivity index (χ0) is 19.9. The number of hydrogen-bond acceptors (Lipinski definition) is 3. The first-order valence-corrected chi connectivity index (χ1v) is 10.9. The van der Waals surface area contributed by atoms with E-state index in [0.29, 0.717) is 23.8 Å². The summed E-state index contributed by atoms with van der Waals surface area (Å²) in [6.45, 7) is 4.52. The molecule has 0 aromatic heterocycles. The number of hydrogen-bond donors (Lipinski definition) is 2. The lowest BCUT2D eigenvalue weighted by atomic mass is 9.83. The van der Waals surface area contributed by atoms with E-state index in [1.807, 2.05) is 38.1 Å². The second-order valence-corrected chi connectivity index (χ2v) is 8.52. The van der Waals surface area contributed by atoms with Crippen molar-refractivity contribution in [1.82, 2.24) is 10.6 Å². The van der Waals surface area contributed by atoms with E-state index in [9.17, 15) is 9.59 Å². The molecule has 0 spiro atoms. The lowest BCUT2D eigenvalue weighted by Gasteiger charge is -2.25. The Morgan fingerprint density at radius 1 is 1.11 bits per heavy atom. The van der Waals surface area contributed by atoms with Crippen LogP contribution >= 0.6 is 11.8 Å². The Hall–Kier alpha value is -2.27. The molecule has 5 heteroatoms. The maximum Gasteiger partial charge on any atom is 0.252 e. The average molecular weight is 397 g/mol. The first-order chi connectivity index (χ1) is 13.5. The minimum atomic E-state index is -0.0737. The first kappa shape index (κ1) is 20.5. The Kier molecular flexibility index (Phi) is 7.15. The van der Waals surface area contributed by atoms with Gasteiger partial charge in [-0.05, 0) is 56.4 Å². The summed E-state index contributed by atoms with van der Waals surface area (Å²) in [5, 5.41) is 6.00. The molecular formula is C23H28N2O2S. The molecule has 2 amide bonds. The van der Waals surface area contributed by atoms with E-state index in [4.69, 9.17) is 0 Å². The van der Waals surface area contributed by atoms with Gasteiger partial charge in [0, 0.05) is 23.4 Å². The standard InChI is InChI=1S/C23H28N2O2S/c1-16(2)25-22(26)15-28-21-13-6-5-12-20(21)23(27)24-14-18-10-7-9-17-8-3-4-11-19(17)18/h3-6,8,11-13,16,18H,7,9-10,14-15H2,1-2H3,(H,24,27)(H,25,26). The van der Waals surface area contributed by atoms with E-state index in [0.717, 1.165) is 24.2 Å². The molecule has 0 heterocycles. The molecule has 1 aliphatic rings. The van der Waals surface area contributed by atoms with E-state index in [1.54, 1.807) is 0 Å². The highest BCUT2D eigenvalue weighted by Gasteiger charge is 2.21. The van der Waals surface area contributed by atoms with Crippen LogP contribution in [-0.2, 0) is 11.2 Å². The van der Waals surface area contributed by atoms with Crippen molar-refractivity contribution in [2.75, 3.05) is 12.3 Å². The van der Waals surface area contributed by atoms with Crippen molar-refractivity contribution in [3.63, 3.8) is 0 Å². The SMILES string of the molecule is CC(C)NC(=O)CSc1ccccc1C(=O)NCC1CCCc2ccccc21. The molecule has 2 N–H and O–H groups in total. The van der Waals surface area contributed by atoms with Gasteiger partial charge in [0.15, 0.2) is 0 Å². The van der Waals surface area contributed by atoms with Crippen molar-refractivity contribution in [2.45, 2.75) is 50.0 Å². The number of benzene rings is 2. The van der Waals surface area contributed by atoms with Crippen LogP contribution in [-0.4, -0.2) is 30.2 Å². The molecule has 4 nitrogen and oxygen atoms in total. The normalized spacial score (nSPS) is 15.8. The average Bonchev–Trinajstić information content (AvgIpc) is 2.70. The summed E-state index contributed by atoms with van der Waals surface area (Å²) < 4.78 is 0. The Bertz CT molecular complexity index is 835. The summed E-state index contributed by atoms with van der Waals surface area (Å²) in [4.78, 5) is 25.6. The predicted octanol–water partition coefficient (Wildman–Crippen LogP) is 4.15. The maximum absolute atomic E-state index is 12.8. The number of rotatable bonds is 7. The molecule has 1 aliphatic carbocycles. The number of aryl methyl sites for hydroxylation is 1. The molecule has 2 aromatic rings. The second-order valence-electron chi connectivity index (χ2n) is 7.51. The van der Waals surface area contributed by atoms with E-state index < -0.39 is 0 Å². The molecule has 0 saturated heterocycles. The van der Waals surface area contributed by atoms with Crippen molar-refractivity contribution in [1.29, 1.82) is 0 Å². The first-order valence-electron chi connectivity index (χ1n) is 9.91. The fourth-order valence-corrected chi connectivity index (χ4v) is 4.53. The van der Waals surface area contributed by atoms with Crippen molar-refractivity contribution in [3.8, 4) is 0 Å². The maximum atomic E-state index is 12.8. The van der Waals surface area contributed by atoms with Gasteiger partial charge in [0.2, 0.25) is 5.91 Å². The van der Waals surface area contributed by atoms with Crippen molar-refractivity contribution in [2.24, 2.45) is 0 Å². The van der Waals surface area contributed by atoms with Gasteiger partial charge in [-0.1, -0.05) is 36.4 Å². The minimum absolute atomic E-state index is 0.0194.